The number of carbonyl (C=O) groups excluding carboxylic acids is 8. The fourth-order valence-corrected chi connectivity index (χ4v) is 13.8. The molecule has 0 bridgehead atoms. The van der Waals surface area contributed by atoms with Gasteiger partial charge in [-0.25, -0.2) is 29.9 Å². The first kappa shape index (κ1) is 122. The normalized spacial score (nSPS) is 10.1. The molecule has 0 radical (unpaired) electrons. The molecular formula is C88H98Cl12ILiN14O16. The molecule has 44 heteroatoms. The monoisotopic (exact) mass is 2160 g/mol. The molecule has 0 saturated carbocycles. The fourth-order valence-electron chi connectivity index (χ4n) is 11.0. The summed E-state index contributed by atoms with van der Waals surface area (Å²) in [6.07, 6.45) is 30.2. The second kappa shape index (κ2) is 70.4. The van der Waals surface area contributed by atoms with Crippen LogP contribution < -0.4 is 35.0 Å². The molecule has 11 aromatic rings. The summed E-state index contributed by atoms with van der Waals surface area (Å²) < 4.78 is 40.7. The Hall–Kier alpha value is -8.30. The van der Waals surface area contributed by atoms with E-state index in [0.29, 0.717) is 191 Å². The molecular weight excluding hydrogens is 2070 g/mol. The van der Waals surface area contributed by atoms with Crippen LogP contribution in [0.4, 0.5) is 0 Å². The van der Waals surface area contributed by atoms with E-state index < -0.39 is 5.97 Å². The third kappa shape index (κ3) is 45.8. The molecule has 0 aliphatic carbocycles. The number of rotatable bonds is 35. The van der Waals surface area contributed by atoms with Crippen molar-refractivity contribution in [1.29, 1.82) is 5.26 Å². The Balaban J connectivity index is 0.000000746. The van der Waals surface area contributed by atoms with E-state index in [0.717, 1.165) is 53.6 Å². The van der Waals surface area contributed by atoms with Gasteiger partial charge in [0.25, 0.3) is 0 Å². The van der Waals surface area contributed by atoms with Crippen molar-refractivity contribution in [3.63, 3.8) is 0 Å². The fraction of sp³-hybridized carbons (Fsp3) is 0.352. The van der Waals surface area contributed by atoms with E-state index in [2.05, 4.69) is 51.8 Å². The van der Waals surface area contributed by atoms with Gasteiger partial charge < -0.3 is 67.3 Å². The van der Waals surface area contributed by atoms with Crippen molar-refractivity contribution in [3.8, 4) is 6.07 Å². The molecule has 11 aromatic heterocycles. The molecule has 708 valence electrons. The third-order valence-corrected chi connectivity index (χ3v) is 22.3. The van der Waals surface area contributed by atoms with Gasteiger partial charge in [0.05, 0.1) is 114 Å². The largest absolute Gasteiger partial charge is 1.00 e. The number of hydrogen-bond donors (Lipinski definition) is 2. The van der Waals surface area contributed by atoms with Crippen LogP contribution in [-0.4, -0.2) is 153 Å². The molecule has 0 aliphatic heterocycles. The van der Waals surface area contributed by atoms with Crippen LogP contribution in [0.3, 0.4) is 0 Å². The molecule has 0 saturated heterocycles. The quantitative estimate of drug-likeness (QED) is 0.00429. The molecule has 3 N–H and O–H groups in total. The molecule has 0 fully saturated rings. The number of aryl methyl sites for hydroxylation is 3. The Labute approximate surface area is 852 Å². The van der Waals surface area contributed by atoms with E-state index in [4.69, 9.17) is 172 Å². The molecule has 0 aromatic carbocycles. The summed E-state index contributed by atoms with van der Waals surface area (Å²) in [6, 6.07) is 15.6. The number of carboxylic acid groups (broad SMARTS) is 1. The number of aliphatic carboxylic acids is 1. The second-order valence-corrected chi connectivity index (χ2v) is 31.1. The summed E-state index contributed by atoms with van der Waals surface area (Å²) >= 11 is 66.6. The number of pyridine rings is 8. The maximum atomic E-state index is 11.3. The Morgan fingerprint density at radius 2 is 0.780 bits per heavy atom. The smallest absolute Gasteiger partial charge is 0.550 e. The van der Waals surface area contributed by atoms with Crippen molar-refractivity contribution >= 4 is 227 Å². The van der Waals surface area contributed by atoms with E-state index in [1.165, 1.54) is 12.4 Å². The Bertz CT molecular complexity index is 5330. The van der Waals surface area contributed by atoms with Crippen LogP contribution in [0, 0.1) is 14.9 Å². The Kier molecular flexibility index (Phi) is 64.9. The van der Waals surface area contributed by atoms with Crippen molar-refractivity contribution in [2.45, 2.75) is 158 Å². The molecule has 30 nitrogen and oxygen atoms in total. The minimum atomic E-state index is -1.08. The minimum Gasteiger partial charge on any atom is -0.550 e. The van der Waals surface area contributed by atoms with Gasteiger partial charge in [0.1, 0.15) is 22.1 Å². The molecule has 0 aliphatic rings. The molecule has 0 unspecified atom stereocenters. The van der Waals surface area contributed by atoms with Crippen LogP contribution >= 0.6 is 163 Å². The van der Waals surface area contributed by atoms with Crippen LogP contribution in [-0.2, 0) is 130 Å². The summed E-state index contributed by atoms with van der Waals surface area (Å²) in [5, 5.41) is 26.8. The van der Waals surface area contributed by atoms with Crippen LogP contribution in [0.15, 0.2) is 148 Å². The number of halogens is 13. The summed E-state index contributed by atoms with van der Waals surface area (Å²) in [5.41, 5.74) is 15.4. The van der Waals surface area contributed by atoms with Crippen molar-refractivity contribution < 1.29 is 95.5 Å². The summed E-state index contributed by atoms with van der Waals surface area (Å²) in [5.74, 6) is -2.34. The number of nitrogens with two attached hydrogens (primary N) is 1. The number of imidazole rings is 3. The number of carbonyl (C=O) groups is 8. The topological polar surface area (TPSA) is 402 Å². The molecule has 11 heterocycles. The molecule has 0 atom stereocenters. The summed E-state index contributed by atoms with van der Waals surface area (Å²) in [6.45, 7) is 20.1. The van der Waals surface area contributed by atoms with E-state index in [-0.39, 0.29) is 110 Å². The Morgan fingerprint density at radius 1 is 0.462 bits per heavy atom. The Morgan fingerprint density at radius 3 is 1.12 bits per heavy atom. The van der Waals surface area contributed by atoms with Crippen LogP contribution in [0.5, 0.6) is 0 Å². The van der Waals surface area contributed by atoms with Crippen molar-refractivity contribution in [3.05, 3.63) is 258 Å². The van der Waals surface area contributed by atoms with Gasteiger partial charge in [-0.1, -0.05) is 123 Å². The van der Waals surface area contributed by atoms with Gasteiger partial charge >= 0.3 is 48.7 Å². The van der Waals surface area contributed by atoms with Crippen LogP contribution in [0.25, 0.3) is 16.6 Å². The van der Waals surface area contributed by atoms with Crippen molar-refractivity contribution in [2.24, 2.45) is 5.73 Å². The van der Waals surface area contributed by atoms with E-state index in [1.54, 1.807) is 156 Å². The van der Waals surface area contributed by atoms with Gasteiger partial charge in [0.15, 0.2) is 6.29 Å². The van der Waals surface area contributed by atoms with Gasteiger partial charge in [-0.2, -0.15) is 5.26 Å². The van der Waals surface area contributed by atoms with E-state index in [1.807, 2.05) is 63.7 Å². The first-order valence-corrected chi connectivity index (χ1v) is 45.3. The molecule has 11 rings (SSSR count). The number of nitriles is 1. The predicted octanol–water partition coefficient (Wildman–Crippen LogP) is 16.0. The maximum absolute atomic E-state index is 11.3. The first-order chi connectivity index (χ1) is 62.3. The van der Waals surface area contributed by atoms with Crippen molar-refractivity contribution in [1.82, 2.24) is 58.4 Å². The average Bonchev–Trinajstić information content (AvgIpc) is 1.71. The SMILES string of the molecule is C=CC(OCC)OCC.CCOC(=O)CCc1c(Cl)ccn2cncc12.CCOC(=O)CCc1c(Cl)ccnc1C#N.CCOC(=O)CCc1c(Cl)ccnc1CN.CCOC(=O)CCc1c(Cl)ccnc1CNC=O.CCOC(=O)CCc1c(Cl)ccnc1Cl.Cl.Clc1ccnc(Cl)c1I.O=C(Cl)CCc1c(Cl)ccn2cncc12.O=C([O-])CCc1c(Cl)ccn2cncc12.[Li+]. The standard InChI is InChI=1S/C12H15ClN2O3.C12H13ClN2O2.C11H15ClN2O2.C11H11ClN2O2.C10H8Cl2N2O.C10H11Cl2NO2.C10H9ClN2O2.C7H14O2.C5H2Cl2IN.ClH.Li/c1-2-18-12(17)4-3-9-10(13)5-6-15-11(9)7-14-8-16;1-2-17-12(16)4-3-9-10(13)5-6-15-8-14-7-11(9)15;2*1-2-16-11(15)4-3-8-9(12)5-6-14-10(8)7-13;11-8-3-4-14-6-13-5-9(14)7(8)1-2-10(12)15;1-2-15-9(14)4-3-7-8(11)5-6-13-10(7)12;11-8-3-4-13-6-12-5-9(13)7(8)1-2-10(14)15;1-4-7(8-5-2)9-6-3;6-3-1-2-9-5(7)4(3)8;;/h5-6,8H,2-4,7H2,1H3,(H,14,16);5-8H,2-4H2,1H3;5-6H,2-4,7,13H2,1H3;5-6H,2-4H2,1H3;3-6H,1-2H2;5-6H,2-4H2,1H3;3-6H,1-2H2,(H,14,15);4,7H,1,5-6H2,2-3H3;1-2H;1H;/q;;;;;;;;;;+1/p-1. The number of ether oxygens (including phenoxy) is 7. The maximum Gasteiger partial charge on any atom is 1.00 e. The average molecular weight is 2170 g/mol. The van der Waals surface area contributed by atoms with Gasteiger partial charge in [-0.05, 0) is 216 Å². The number of nitrogens with zero attached hydrogens (tertiary/aromatic N) is 12. The van der Waals surface area contributed by atoms with E-state index in [9.17, 15) is 43.5 Å². The van der Waals surface area contributed by atoms with Gasteiger partial charge in [0.2, 0.25) is 11.7 Å². The zero-order chi connectivity index (χ0) is 96.5. The number of hydrogen-bond acceptors (Lipinski definition) is 26. The number of nitrogens with one attached hydrogen (secondary N) is 1. The van der Waals surface area contributed by atoms with Crippen LogP contribution in [0.1, 0.15) is 149 Å². The minimum absolute atomic E-state index is 0. The van der Waals surface area contributed by atoms with Crippen molar-refractivity contribution in [2.75, 3.05) is 46.2 Å². The zero-order valence-electron chi connectivity index (χ0n) is 73.3. The van der Waals surface area contributed by atoms with Crippen LogP contribution in [0.2, 0.25) is 50.5 Å². The van der Waals surface area contributed by atoms with E-state index >= 15 is 0 Å². The van der Waals surface area contributed by atoms with Gasteiger partial charge in [-0.15, -0.1) is 12.4 Å². The predicted molar refractivity (Wildman–Crippen MR) is 517 cm³/mol. The van der Waals surface area contributed by atoms with Gasteiger partial charge in [-0.3, -0.25) is 43.5 Å². The molecule has 0 spiro atoms. The zero-order valence-corrected chi connectivity index (χ0v) is 84.6. The number of carboxylic acids is 1. The number of fused-ring (bicyclic) bond motifs is 3. The summed E-state index contributed by atoms with van der Waals surface area (Å²) in [4.78, 5) is 119. The third-order valence-electron chi connectivity index (χ3n) is 16.9. The number of esters is 5. The number of amides is 1. The second-order valence-electron chi connectivity index (χ2n) is 25.6. The number of aromatic nitrogens is 11. The summed E-state index contributed by atoms with van der Waals surface area (Å²) in [7, 11) is 0. The molecule has 132 heavy (non-hydrogen) atoms. The first-order valence-electron chi connectivity index (χ1n) is 40.0. The molecule has 1 amide bonds. The van der Waals surface area contributed by atoms with Gasteiger partial charge in [0, 0.05) is 160 Å².